The molecule has 0 N–H and O–H groups in total. The van der Waals surface area contributed by atoms with Crippen molar-refractivity contribution in [1.29, 1.82) is 0 Å². The maximum atomic E-state index is 2.75. The minimum atomic E-state index is -2.43. The molecule has 1 unspecified atom stereocenters. The molecule has 0 aliphatic heterocycles. The van der Waals surface area contributed by atoms with Crippen LogP contribution in [0.25, 0.3) is 21.9 Å². The predicted octanol–water partition coefficient (Wildman–Crippen LogP) is 2.02. The van der Waals surface area contributed by atoms with Crippen LogP contribution >= 0.6 is 0 Å². The van der Waals surface area contributed by atoms with E-state index in [4.69, 9.17) is 0 Å². The molecular formula is C34H32Cl2Zr. The van der Waals surface area contributed by atoms with Crippen LogP contribution in [0.5, 0.6) is 0 Å². The predicted molar refractivity (Wildman–Crippen MR) is 148 cm³/mol. The van der Waals surface area contributed by atoms with Crippen LogP contribution in [0.4, 0.5) is 0 Å². The van der Waals surface area contributed by atoms with E-state index in [9.17, 15) is 0 Å². The molecular weight excluding hydrogens is 571 g/mol. The molecule has 0 saturated carbocycles. The Balaban J connectivity index is 0.00000160. The van der Waals surface area contributed by atoms with Gasteiger partial charge in [0.2, 0.25) is 0 Å². The third-order valence-electron chi connectivity index (χ3n) is 7.90. The maximum absolute atomic E-state index is 2.75. The van der Waals surface area contributed by atoms with E-state index in [1.165, 1.54) is 33.0 Å². The van der Waals surface area contributed by atoms with Gasteiger partial charge >= 0.3 is 218 Å². The van der Waals surface area contributed by atoms with Crippen LogP contribution < -0.4 is 28.1 Å². The zero-order valence-electron chi connectivity index (χ0n) is 21.9. The normalized spacial score (nSPS) is 15.8. The average molecular weight is 603 g/mol. The first-order valence-corrected chi connectivity index (χ1v) is 16.7. The molecule has 186 valence electrons. The van der Waals surface area contributed by atoms with Crippen LogP contribution in [-0.2, 0) is 27.7 Å². The molecule has 0 bridgehead atoms. The molecule has 0 nitrogen and oxygen atoms in total. The fourth-order valence-corrected chi connectivity index (χ4v) is 13.9. The fraction of sp³-hybridized carbons (Fsp3) is 0.206. The SMILES string of the molecule is CC1=[C](/[Zr+2](=[CH]/c2cccc3ccccc23)[c]2cccc3c2Cc2ccccc2-3)C(C)C=C1C(C)C.[Cl-].[Cl-]. The number of halogens is 2. The maximum Gasteiger partial charge on any atom is -1.00 e. The zero-order chi connectivity index (χ0) is 24.1. The Bertz CT molecular complexity index is 1570. The summed E-state index contributed by atoms with van der Waals surface area (Å²) in [4.78, 5) is 0. The Hall–Kier alpha value is -2.05. The molecule has 0 fully saturated rings. The zero-order valence-corrected chi connectivity index (χ0v) is 25.8. The van der Waals surface area contributed by atoms with Gasteiger partial charge in [0.1, 0.15) is 0 Å². The molecule has 0 spiro atoms. The van der Waals surface area contributed by atoms with Crippen molar-refractivity contribution in [3.8, 4) is 11.1 Å². The van der Waals surface area contributed by atoms with Gasteiger partial charge in [-0.05, 0) is 0 Å². The summed E-state index contributed by atoms with van der Waals surface area (Å²) >= 11 is -2.43. The Labute approximate surface area is 241 Å². The third-order valence-corrected chi connectivity index (χ3v) is 15.4. The van der Waals surface area contributed by atoms with Crippen LogP contribution in [0, 0.1) is 11.8 Å². The molecule has 3 heteroatoms. The first-order valence-electron chi connectivity index (χ1n) is 12.9. The molecule has 0 aromatic heterocycles. The number of fused-ring (bicyclic) bond motifs is 4. The van der Waals surface area contributed by atoms with Crippen molar-refractivity contribution < 1.29 is 46.1 Å². The van der Waals surface area contributed by atoms with Crippen molar-refractivity contribution in [2.45, 2.75) is 34.1 Å². The smallest absolute Gasteiger partial charge is 1.00 e. The van der Waals surface area contributed by atoms with Crippen molar-refractivity contribution in [2.75, 3.05) is 0 Å². The van der Waals surface area contributed by atoms with E-state index in [1.54, 1.807) is 23.3 Å². The second-order valence-corrected chi connectivity index (χ2v) is 15.8. The van der Waals surface area contributed by atoms with Crippen molar-refractivity contribution in [1.82, 2.24) is 0 Å². The Kier molecular flexibility index (Phi) is 8.59. The number of hydrogen-bond acceptors (Lipinski definition) is 0. The molecule has 2 aliphatic rings. The number of rotatable bonds is 4. The average Bonchev–Trinajstić information content (AvgIpc) is 3.39. The summed E-state index contributed by atoms with van der Waals surface area (Å²) in [6.07, 6.45) is 3.63. The summed E-state index contributed by atoms with van der Waals surface area (Å²) in [5.41, 5.74) is 10.5. The van der Waals surface area contributed by atoms with E-state index in [0.29, 0.717) is 11.8 Å². The van der Waals surface area contributed by atoms with Gasteiger partial charge in [-0.3, -0.25) is 0 Å². The monoisotopic (exact) mass is 600 g/mol. The van der Waals surface area contributed by atoms with Crippen LogP contribution in [-0.4, -0.2) is 3.71 Å². The van der Waals surface area contributed by atoms with Crippen LogP contribution in [0.15, 0.2) is 105 Å². The minimum Gasteiger partial charge on any atom is -1.00 e. The van der Waals surface area contributed by atoms with E-state index >= 15 is 0 Å². The van der Waals surface area contributed by atoms with E-state index in [1.807, 2.05) is 0 Å². The van der Waals surface area contributed by atoms with Crippen LogP contribution in [0.3, 0.4) is 0 Å². The van der Waals surface area contributed by atoms with Gasteiger partial charge < -0.3 is 24.8 Å². The van der Waals surface area contributed by atoms with Gasteiger partial charge in [-0.15, -0.1) is 0 Å². The Morgan fingerprint density at radius 1 is 0.811 bits per heavy atom. The molecule has 0 amide bonds. The van der Waals surface area contributed by atoms with Crippen molar-refractivity contribution >= 4 is 17.8 Å². The van der Waals surface area contributed by atoms with Crippen molar-refractivity contribution in [3.63, 3.8) is 0 Å². The number of hydrogen-bond donors (Lipinski definition) is 0. The summed E-state index contributed by atoms with van der Waals surface area (Å²) in [7, 11) is 0. The summed E-state index contributed by atoms with van der Waals surface area (Å²) < 4.78 is 6.16. The van der Waals surface area contributed by atoms with Gasteiger partial charge in [-0.2, -0.15) is 0 Å². The molecule has 1 atom stereocenters. The van der Waals surface area contributed by atoms with Gasteiger partial charge in [-0.25, -0.2) is 0 Å². The van der Waals surface area contributed by atoms with E-state index in [-0.39, 0.29) is 24.8 Å². The molecule has 4 aromatic carbocycles. The first-order chi connectivity index (χ1) is 17.0. The minimum absolute atomic E-state index is 0. The standard InChI is InChI=1S/C13H9.C11H8.C10H15.2ClH.Zr/c1-3-7-12-10(5-1)9-11-6-2-4-8-13(11)12;1-9-5-4-7-10-6-2-3-8-11(9)10;1-7(2)10-6-8(3)5-9(10)4;;;/h1-5,7-8H,9H2;1-8H;6-8H,1-4H3;2*1H;/q;;;;;+2/p-2. The molecule has 6 rings (SSSR count). The van der Waals surface area contributed by atoms with Crippen LogP contribution in [0.2, 0.25) is 0 Å². The molecule has 37 heavy (non-hydrogen) atoms. The second kappa shape index (κ2) is 11.4. The summed E-state index contributed by atoms with van der Waals surface area (Å²) in [6, 6.07) is 31.8. The molecule has 0 radical (unpaired) electrons. The van der Waals surface area contributed by atoms with E-state index < -0.39 is 21.3 Å². The number of benzene rings is 4. The molecule has 0 heterocycles. The first kappa shape index (κ1) is 28.0. The van der Waals surface area contributed by atoms with Crippen molar-refractivity contribution in [2.24, 2.45) is 11.8 Å². The van der Waals surface area contributed by atoms with Gasteiger partial charge in [-0.1, -0.05) is 0 Å². The third kappa shape index (κ3) is 4.92. The van der Waals surface area contributed by atoms with E-state index in [0.717, 1.165) is 6.42 Å². The van der Waals surface area contributed by atoms with Gasteiger partial charge in [0, 0.05) is 0 Å². The van der Waals surface area contributed by atoms with Gasteiger partial charge in [0.05, 0.1) is 0 Å². The molecule has 4 aromatic rings. The summed E-state index contributed by atoms with van der Waals surface area (Å²) in [6.45, 7) is 9.53. The quantitative estimate of drug-likeness (QED) is 0.296. The van der Waals surface area contributed by atoms with Gasteiger partial charge in [0.15, 0.2) is 0 Å². The number of allylic oxidation sites excluding steroid dienone is 4. The van der Waals surface area contributed by atoms with E-state index in [2.05, 4.69) is 122 Å². The largest absolute Gasteiger partial charge is 1.00 e. The Morgan fingerprint density at radius 2 is 1.49 bits per heavy atom. The molecule has 0 saturated heterocycles. The van der Waals surface area contributed by atoms with Crippen LogP contribution in [0.1, 0.15) is 44.4 Å². The fourth-order valence-electron chi connectivity index (χ4n) is 6.29. The summed E-state index contributed by atoms with van der Waals surface area (Å²) in [5.74, 6) is 1.09. The second-order valence-electron chi connectivity index (χ2n) is 10.4. The molecule has 2 aliphatic carbocycles. The summed E-state index contributed by atoms with van der Waals surface area (Å²) in [5, 5.41) is 2.71. The van der Waals surface area contributed by atoms with Gasteiger partial charge in [0.25, 0.3) is 0 Å². The topological polar surface area (TPSA) is 0 Å². The van der Waals surface area contributed by atoms with Crippen molar-refractivity contribution in [3.05, 3.63) is 122 Å². The Morgan fingerprint density at radius 3 is 2.27 bits per heavy atom.